The highest BCUT2D eigenvalue weighted by molar-refractivity contribution is 7.93. The fourth-order valence-electron chi connectivity index (χ4n) is 2.53. The third kappa shape index (κ3) is 4.42. The molecule has 2 amide bonds. The molecule has 2 N–H and O–H groups in total. The number of rotatable bonds is 5. The molecule has 1 aliphatic rings. The molecule has 6 nitrogen and oxygen atoms in total. The Kier molecular flexibility index (Phi) is 5.73. The second-order valence-electron chi connectivity index (χ2n) is 6.13. The number of terminal acetylenes is 1. The zero-order valence-corrected chi connectivity index (χ0v) is 14.8. The number of nitrogens with zero attached hydrogens (tertiary/aromatic N) is 1. The molecule has 7 heteroatoms. The van der Waals surface area contributed by atoms with Crippen molar-refractivity contribution in [3.63, 3.8) is 0 Å². The van der Waals surface area contributed by atoms with E-state index in [1.807, 2.05) is 19.9 Å². The lowest BCUT2D eigenvalue weighted by molar-refractivity contribution is 0.236. The topological polar surface area (TPSA) is 78.5 Å². The zero-order valence-electron chi connectivity index (χ0n) is 14.0. The molecule has 1 saturated heterocycles. The average Bonchev–Trinajstić information content (AvgIpc) is 2.90. The van der Waals surface area contributed by atoms with Crippen LogP contribution in [-0.4, -0.2) is 32.8 Å². The number of anilines is 1. The van der Waals surface area contributed by atoms with E-state index in [1.54, 1.807) is 18.2 Å². The summed E-state index contributed by atoms with van der Waals surface area (Å²) in [6, 6.07) is 6.50. The number of urea groups is 1. The summed E-state index contributed by atoms with van der Waals surface area (Å²) in [5, 5.41) is 5.47. The summed E-state index contributed by atoms with van der Waals surface area (Å²) < 4.78 is 25.4. The van der Waals surface area contributed by atoms with Gasteiger partial charge in [-0.15, -0.1) is 6.42 Å². The van der Waals surface area contributed by atoms with Gasteiger partial charge in [-0.2, -0.15) is 0 Å². The Bertz CT molecular complexity index is 738. The van der Waals surface area contributed by atoms with Crippen LogP contribution in [0.2, 0.25) is 0 Å². The Balaban J connectivity index is 1.98. The second kappa shape index (κ2) is 7.58. The van der Waals surface area contributed by atoms with E-state index in [9.17, 15) is 13.2 Å². The predicted octanol–water partition coefficient (Wildman–Crippen LogP) is 1.68. The molecular weight excluding hydrogens is 326 g/mol. The summed E-state index contributed by atoms with van der Waals surface area (Å²) in [6.07, 6.45) is 6.02. The van der Waals surface area contributed by atoms with Gasteiger partial charge in [0.25, 0.3) is 0 Å². The average molecular weight is 349 g/mol. The van der Waals surface area contributed by atoms with E-state index >= 15 is 0 Å². The largest absolute Gasteiger partial charge is 0.334 e. The lowest BCUT2D eigenvalue weighted by Gasteiger charge is -2.19. The van der Waals surface area contributed by atoms with E-state index in [0.29, 0.717) is 25.2 Å². The monoisotopic (exact) mass is 349 g/mol. The maximum atomic E-state index is 12.0. The number of benzene rings is 1. The highest BCUT2D eigenvalue weighted by Gasteiger charge is 2.28. The molecule has 2 rings (SSSR count). The predicted molar refractivity (Wildman–Crippen MR) is 95.0 cm³/mol. The maximum absolute atomic E-state index is 12.0. The van der Waals surface area contributed by atoms with Crippen molar-refractivity contribution in [1.82, 2.24) is 10.6 Å². The van der Waals surface area contributed by atoms with Gasteiger partial charge in [-0.05, 0) is 30.0 Å². The van der Waals surface area contributed by atoms with Crippen LogP contribution in [0.15, 0.2) is 24.3 Å². The van der Waals surface area contributed by atoms with E-state index in [1.165, 1.54) is 4.31 Å². The van der Waals surface area contributed by atoms with E-state index in [4.69, 9.17) is 6.42 Å². The van der Waals surface area contributed by atoms with Crippen LogP contribution in [0.3, 0.4) is 0 Å². The molecule has 0 aliphatic carbocycles. The van der Waals surface area contributed by atoms with E-state index in [-0.39, 0.29) is 23.7 Å². The summed E-state index contributed by atoms with van der Waals surface area (Å²) in [7, 11) is -3.21. The molecule has 1 aromatic carbocycles. The summed E-state index contributed by atoms with van der Waals surface area (Å²) >= 11 is 0. The van der Waals surface area contributed by atoms with Gasteiger partial charge >= 0.3 is 6.03 Å². The lowest BCUT2D eigenvalue weighted by atomic mass is 10.1. The smallest absolute Gasteiger partial charge is 0.316 e. The van der Waals surface area contributed by atoms with Gasteiger partial charge in [0.05, 0.1) is 17.5 Å². The van der Waals surface area contributed by atoms with Gasteiger partial charge in [-0.25, -0.2) is 13.2 Å². The quantitative estimate of drug-likeness (QED) is 0.794. The molecule has 1 aliphatic heterocycles. The summed E-state index contributed by atoms with van der Waals surface area (Å²) in [5.41, 5.74) is 1.46. The first-order chi connectivity index (χ1) is 11.3. The van der Waals surface area contributed by atoms with Crippen LogP contribution in [0, 0.1) is 18.3 Å². The zero-order chi connectivity index (χ0) is 17.7. The van der Waals surface area contributed by atoms with Gasteiger partial charge in [0.2, 0.25) is 10.0 Å². The van der Waals surface area contributed by atoms with Gasteiger partial charge in [-0.1, -0.05) is 31.9 Å². The minimum atomic E-state index is -3.21. The molecule has 1 unspecified atom stereocenters. The molecule has 1 fully saturated rings. The first kappa shape index (κ1) is 18.1. The number of hydrogen-bond acceptors (Lipinski definition) is 3. The Morgan fingerprint density at radius 2 is 2.17 bits per heavy atom. The molecule has 1 atom stereocenters. The van der Waals surface area contributed by atoms with Gasteiger partial charge in [0, 0.05) is 13.1 Å². The van der Waals surface area contributed by atoms with E-state index < -0.39 is 10.0 Å². The van der Waals surface area contributed by atoms with Crippen LogP contribution >= 0.6 is 0 Å². The van der Waals surface area contributed by atoms with E-state index in [2.05, 4.69) is 16.6 Å². The number of amides is 2. The SMILES string of the molecule is C#CC(NC(=O)NCc1cccc(N2CCCS2(=O)=O)c1)C(C)C. The highest BCUT2D eigenvalue weighted by atomic mass is 32.2. The minimum absolute atomic E-state index is 0.143. The first-order valence-electron chi connectivity index (χ1n) is 7.93. The molecule has 0 spiro atoms. The Morgan fingerprint density at radius 1 is 1.42 bits per heavy atom. The number of nitrogens with one attached hydrogen (secondary N) is 2. The molecular formula is C17H23N3O3S. The van der Waals surface area contributed by atoms with Gasteiger partial charge in [0.1, 0.15) is 0 Å². The second-order valence-corrected chi connectivity index (χ2v) is 8.14. The van der Waals surface area contributed by atoms with Crippen LogP contribution in [0.1, 0.15) is 25.8 Å². The van der Waals surface area contributed by atoms with Crippen molar-refractivity contribution in [3.8, 4) is 12.3 Å². The fourth-order valence-corrected chi connectivity index (χ4v) is 4.08. The van der Waals surface area contributed by atoms with Crippen molar-refractivity contribution in [2.45, 2.75) is 32.9 Å². The molecule has 0 aromatic heterocycles. The number of carbonyl (C=O) groups excluding carboxylic acids is 1. The molecule has 0 radical (unpaired) electrons. The number of carbonyl (C=O) groups is 1. The third-order valence-corrected chi connectivity index (χ3v) is 5.75. The molecule has 0 saturated carbocycles. The summed E-state index contributed by atoms with van der Waals surface area (Å²) in [5.74, 6) is 2.86. The molecule has 1 aromatic rings. The number of hydrogen-bond donors (Lipinski definition) is 2. The van der Waals surface area contributed by atoms with Crippen LogP contribution in [0.4, 0.5) is 10.5 Å². The minimum Gasteiger partial charge on any atom is -0.334 e. The van der Waals surface area contributed by atoms with Gasteiger partial charge in [0.15, 0.2) is 0 Å². The van der Waals surface area contributed by atoms with Gasteiger partial charge in [-0.3, -0.25) is 4.31 Å². The van der Waals surface area contributed by atoms with Crippen molar-refractivity contribution in [2.75, 3.05) is 16.6 Å². The van der Waals surface area contributed by atoms with Crippen molar-refractivity contribution in [2.24, 2.45) is 5.92 Å². The van der Waals surface area contributed by atoms with Gasteiger partial charge < -0.3 is 10.6 Å². The summed E-state index contributed by atoms with van der Waals surface area (Å²) in [6.45, 7) is 4.66. The van der Waals surface area contributed by atoms with Crippen molar-refractivity contribution in [3.05, 3.63) is 29.8 Å². The van der Waals surface area contributed by atoms with Crippen LogP contribution in [0.25, 0.3) is 0 Å². The standard InChI is InChI=1S/C17H23N3O3S/c1-4-16(13(2)3)19-17(21)18-12-14-7-5-8-15(11-14)20-9-6-10-24(20,22)23/h1,5,7-8,11,13,16H,6,9-10,12H2,2-3H3,(H2,18,19,21). The normalized spacial score (nSPS) is 17.3. The summed E-state index contributed by atoms with van der Waals surface area (Å²) in [4.78, 5) is 11.9. The van der Waals surface area contributed by atoms with E-state index in [0.717, 1.165) is 5.56 Å². The van der Waals surface area contributed by atoms with Crippen molar-refractivity contribution in [1.29, 1.82) is 0 Å². The molecule has 1 heterocycles. The maximum Gasteiger partial charge on any atom is 0.316 e. The Labute approximate surface area is 143 Å². The third-order valence-electron chi connectivity index (χ3n) is 3.88. The van der Waals surface area contributed by atoms with Crippen molar-refractivity contribution >= 4 is 21.7 Å². The Hall–Kier alpha value is -2.20. The fraction of sp³-hybridized carbons (Fsp3) is 0.471. The van der Waals surface area contributed by atoms with Crippen LogP contribution < -0.4 is 14.9 Å². The van der Waals surface area contributed by atoms with Crippen molar-refractivity contribution < 1.29 is 13.2 Å². The van der Waals surface area contributed by atoms with Crippen LogP contribution in [-0.2, 0) is 16.6 Å². The molecule has 130 valence electrons. The Morgan fingerprint density at radius 3 is 2.75 bits per heavy atom. The lowest BCUT2D eigenvalue weighted by Crippen LogP contribution is -2.43. The number of sulfonamides is 1. The first-order valence-corrected chi connectivity index (χ1v) is 9.54. The highest BCUT2D eigenvalue weighted by Crippen LogP contribution is 2.24. The molecule has 0 bridgehead atoms. The van der Waals surface area contributed by atoms with Crippen LogP contribution in [0.5, 0.6) is 0 Å². The molecule has 24 heavy (non-hydrogen) atoms.